The summed E-state index contributed by atoms with van der Waals surface area (Å²) in [6, 6.07) is 10.5. The third-order valence-corrected chi connectivity index (χ3v) is 2.97. The number of nitrogens with zero attached hydrogens (tertiary/aromatic N) is 2. The van der Waals surface area contributed by atoms with Gasteiger partial charge in [-0.25, -0.2) is 0 Å². The van der Waals surface area contributed by atoms with E-state index in [1.807, 2.05) is 39.8 Å². The van der Waals surface area contributed by atoms with Crippen LogP contribution in [0.4, 0.5) is 11.4 Å². The zero-order valence-corrected chi connectivity index (χ0v) is 13.3. The summed E-state index contributed by atoms with van der Waals surface area (Å²) >= 11 is 0. The maximum atomic E-state index is 10.1. The summed E-state index contributed by atoms with van der Waals surface area (Å²) in [4.78, 5) is 8.52. The summed E-state index contributed by atoms with van der Waals surface area (Å²) in [6.07, 6.45) is 0. The summed E-state index contributed by atoms with van der Waals surface area (Å²) in [5.74, 6) is 0.231. The van der Waals surface area contributed by atoms with Crippen LogP contribution in [0.3, 0.4) is 0 Å². The Kier molecular flexibility index (Phi) is 4.61. The number of aromatic hydroxyl groups is 2. The maximum absolute atomic E-state index is 10.1. The lowest BCUT2D eigenvalue weighted by Gasteiger charge is -2.07. The van der Waals surface area contributed by atoms with E-state index >= 15 is 0 Å². The quantitative estimate of drug-likeness (QED) is 0.784. The van der Waals surface area contributed by atoms with Crippen LogP contribution in [0.15, 0.2) is 46.4 Å². The molecule has 0 bridgehead atoms. The van der Waals surface area contributed by atoms with Crippen LogP contribution in [0.1, 0.15) is 27.7 Å². The molecule has 0 saturated carbocycles. The van der Waals surface area contributed by atoms with E-state index in [2.05, 4.69) is 9.98 Å². The lowest BCUT2D eigenvalue weighted by Crippen LogP contribution is -1.83. The molecule has 0 atom stereocenters. The van der Waals surface area contributed by atoms with Gasteiger partial charge in [-0.05, 0) is 63.1 Å². The monoisotopic (exact) mass is 296 g/mol. The van der Waals surface area contributed by atoms with Gasteiger partial charge in [0.15, 0.2) is 0 Å². The highest BCUT2D eigenvalue weighted by molar-refractivity contribution is 5.85. The van der Waals surface area contributed by atoms with E-state index in [0.717, 1.165) is 22.6 Å². The van der Waals surface area contributed by atoms with Crippen molar-refractivity contribution in [3.05, 3.63) is 36.4 Å². The first-order valence-corrected chi connectivity index (χ1v) is 7.07. The average molecular weight is 296 g/mol. The maximum Gasteiger partial charge on any atom is 0.141 e. The van der Waals surface area contributed by atoms with Gasteiger partial charge in [0, 0.05) is 11.4 Å². The first-order valence-electron chi connectivity index (χ1n) is 7.07. The minimum atomic E-state index is 0.115. The van der Waals surface area contributed by atoms with Crippen LogP contribution in [-0.2, 0) is 0 Å². The van der Waals surface area contributed by atoms with Gasteiger partial charge < -0.3 is 10.2 Å². The van der Waals surface area contributed by atoms with Crippen LogP contribution >= 0.6 is 0 Å². The van der Waals surface area contributed by atoms with Crippen LogP contribution in [0.5, 0.6) is 11.5 Å². The van der Waals surface area contributed by atoms with Crippen molar-refractivity contribution < 1.29 is 10.2 Å². The van der Waals surface area contributed by atoms with E-state index in [1.165, 1.54) is 0 Å². The predicted octanol–water partition coefficient (Wildman–Crippen LogP) is 4.99. The van der Waals surface area contributed by atoms with Crippen LogP contribution in [0.2, 0.25) is 0 Å². The first kappa shape index (κ1) is 15.8. The lowest BCUT2D eigenvalue weighted by atomic mass is 10.0. The SMILES string of the molecule is CC(C)=Nc1ccc(-c2ccc(N=C(C)C)c(O)c2)cc1O. The summed E-state index contributed by atoms with van der Waals surface area (Å²) in [7, 11) is 0. The van der Waals surface area contributed by atoms with Gasteiger partial charge in [-0.3, -0.25) is 9.98 Å². The second kappa shape index (κ2) is 6.43. The van der Waals surface area contributed by atoms with Gasteiger partial charge >= 0.3 is 0 Å². The molecule has 0 amide bonds. The Bertz CT molecular complexity index is 688. The summed E-state index contributed by atoms with van der Waals surface area (Å²) in [5, 5.41) is 20.1. The fourth-order valence-corrected chi connectivity index (χ4v) is 2.08. The van der Waals surface area contributed by atoms with Crippen molar-refractivity contribution in [3.63, 3.8) is 0 Å². The molecular weight excluding hydrogens is 276 g/mol. The summed E-state index contributed by atoms with van der Waals surface area (Å²) in [5.41, 5.74) is 4.44. The van der Waals surface area contributed by atoms with Gasteiger partial charge in [0.1, 0.15) is 22.9 Å². The molecular formula is C18H20N2O2. The van der Waals surface area contributed by atoms with Crippen molar-refractivity contribution in [2.45, 2.75) is 27.7 Å². The molecule has 0 heterocycles. The minimum absolute atomic E-state index is 0.115. The van der Waals surface area contributed by atoms with Crippen LogP contribution in [0, 0.1) is 0 Å². The molecule has 22 heavy (non-hydrogen) atoms. The van der Waals surface area contributed by atoms with Crippen molar-refractivity contribution in [3.8, 4) is 22.6 Å². The highest BCUT2D eigenvalue weighted by Crippen LogP contribution is 2.35. The van der Waals surface area contributed by atoms with Crippen LogP contribution < -0.4 is 0 Å². The van der Waals surface area contributed by atoms with Crippen molar-refractivity contribution in [1.29, 1.82) is 0 Å². The Morgan fingerprint density at radius 2 is 1.05 bits per heavy atom. The average Bonchev–Trinajstić information content (AvgIpc) is 2.42. The van der Waals surface area contributed by atoms with Gasteiger partial charge in [0.05, 0.1) is 0 Å². The molecule has 0 radical (unpaired) electrons. The molecule has 2 aromatic carbocycles. The molecule has 0 unspecified atom stereocenters. The number of rotatable bonds is 3. The smallest absolute Gasteiger partial charge is 0.141 e. The van der Waals surface area contributed by atoms with Crippen molar-refractivity contribution in [2.24, 2.45) is 9.98 Å². The number of phenols is 2. The standard InChI is InChI=1S/C18H20N2O2/c1-11(2)19-15-7-5-13(9-17(15)21)14-6-8-16(18(22)10-14)20-12(3)4/h5-10,21-22H,1-4H3. The number of hydrogen-bond acceptors (Lipinski definition) is 4. The zero-order chi connectivity index (χ0) is 16.3. The van der Waals surface area contributed by atoms with Crippen molar-refractivity contribution in [1.82, 2.24) is 0 Å². The highest BCUT2D eigenvalue weighted by Gasteiger charge is 2.07. The molecule has 0 spiro atoms. The van der Waals surface area contributed by atoms with E-state index in [-0.39, 0.29) is 11.5 Å². The van der Waals surface area contributed by atoms with Crippen LogP contribution in [-0.4, -0.2) is 21.6 Å². The molecule has 2 rings (SSSR count). The molecule has 0 aliphatic carbocycles. The Balaban J connectivity index is 2.41. The van der Waals surface area contributed by atoms with Gasteiger partial charge in [0.25, 0.3) is 0 Å². The molecule has 0 aromatic heterocycles. The highest BCUT2D eigenvalue weighted by atomic mass is 16.3. The molecule has 4 heteroatoms. The summed E-state index contributed by atoms with van der Waals surface area (Å²) < 4.78 is 0. The van der Waals surface area contributed by atoms with E-state index in [0.29, 0.717) is 11.4 Å². The molecule has 0 aliphatic rings. The Hall–Kier alpha value is -2.62. The van der Waals surface area contributed by atoms with E-state index in [4.69, 9.17) is 0 Å². The van der Waals surface area contributed by atoms with Gasteiger partial charge in [-0.2, -0.15) is 0 Å². The van der Waals surface area contributed by atoms with Crippen molar-refractivity contribution in [2.75, 3.05) is 0 Å². The Labute approximate surface area is 130 Å². The zero-order valence-electron chi connectivity index (χ0n) is 13.3. The van der Waals surface area contributed by atoms with Crippen molar-refractivity contribution >= 4 is 22.8 Å². The topological polar surface area (TPSA) is 65.2 Å². The second-order valence-electron chi connectivity index (χ2n) is 5.53. The fraction of sp³-hybridized carbons (Fsp3) is 0.222. The molecule has 0 aliphatic heterocycles. The van der Waals surface area contributed by atoms with E-state index in [1.54, 1.807) is 24.3 Å². The number of hydrogen-bond donors (Lipinski definition) is 2. The molecule has 0 fully saturated rings. The number of benzene rings is 2. The Morgan fingerprint density at radius 3 is 1.32 bits per heavy atom. The molecule has 0 saturated heterocycles. The predicted molar refractivity (Wildman–Crippen MR) is 92.1 cm³/mol. The second-order valence-corrected chi connectivity index (χ2v) is 5.53. The van der Waals surface area contributed by atoms with Gasteiger partial charge in [0.2, 0.25) is 0 Å². The fourth-order valence-electron chi connectivity index (χ4n) is 2.08. The molecule has 4 nitrogen and oxygen atoms in total. The Morgan fingerprint density at radius 1 is 0.682 bits per heavy atom. The third-order valence-electron chi connectivity index (χ3n) is 2.97. The van der Waals surface area contributed by atoms with E-state index < -0.39 is 0 Å². The molecule has 114 valence electrons. The van der Waals surface area contributed by atoms with Crippen LogP contribution in [0.25, 0.3) is 11.1 Å². The third kappa shape index (κ3) is 3.73. The van der Waals surface area contributed by atoms with Gasteiger partial charge in [-0.15, -0.1) is 0 Å². The largest absolute Gasteiger partial charge is 0.506 e. The molecule has 2 aromatic rings. The number of phenolic OH excluding ortho intramolecular Hbond substituents is 2. The first-order chi connectivity index (χ1) is 10.4. The van der Waals surface area contributed by atoms with E-state index in [9.17, 15) is 10.2 Å². The lowest BCUT2D eigenvalue weighted by molar-refractivity contribution is 0.476. The van der Waals surface area contributed by atoms with Gasteiger partial charge in [-0.1, -0.05) is 12.1 Å². The molecule has 2 N–H and O–H groups in total. The minimum Gasteiger partial charge on any atom is -0.506 e. The normalized spacial score (nSPS) is 10.2. The summed E-state index contributed by atoms with van der Waals surface area (Å²) in [6.45, 7) is 7.50. The number of aliphatic imine (C=N–C) groups is 2.